The number of carbonyl (C=O) groups excluding carboxylic acids is 3. The molecule has 0 spiro atoms. The second kappa shape index (κ2) is 6.83. The van der Waals surface area contributed by atoms with Crippen molar-refractivity contribution < 1.29 is 19.1 Å². The van der Waals surface area contributed by atoms with Gasteiger partial charge in [-0.15, -0.1) is 0 Å². The lowest BCUT2D eigenvalue weighted by Gasteiger charge is -2.23. The van der Waals surface area contributed by atoms with Gasteiger partial charge in [0.15, 0.2) is 0 Å². The molecule has 2 amide bonds. The van der Waals surface area contributed by atoms with Crippen LogP contribution in [0.25, 0.3) is 6.08 Å². The van der Waals surface area contributed by atoms with Crippen LogP contribution in [0.4, 0.5) is 0 Å². The fourth-order valence-electron chi connectivity index (χ4n) is 2.18. The molecule has 21 heavy (non-hydrogen) atoms. The second-order valence-corrected chi connectivity index (χ2v) is 4.79. The van der Waals surface area contributed by atoms with Crippen molar-refractivity contribution in [1.29, 1.82) is 0 Å². The smallest absolute Gasteiger partial charge is 0.337 e. The Hall–Kier alpha value is -2.43. The van der Waals surface area contributed by atoms with Crippen molar-refractivity contribution in [2.45, 2.75) is 19.3 Å². The summed E-state index contributed by atoms with van der Waals surface area (Å²) in [5, 5.41) is 0. The van der Waals surface area contributed by atoms with E-state index >= 15 is 0 Å². The van der Waals surface area contributed by atoms with Crippen LogP contribution in [0, 0.1) is 0 Å². The summed E-state index contributed by atoms with van der Waals surface area (Å²) in [5.41, 5.74) is 1.12. The molecule has 0 saturated carbocycles. The SMILES string of the molecule is COC(=O)c1cccc(/C=C/C(=O)N2CCCCC2=O)c1. The average molecular weight is 287 g/mol. The summed E-state index contributed by atoms with van der Waals surface area (Å²) in [6, 6.07) is 6.75. The van der Waals surface area contributed by atoms with E-state index in [1.54, 1.807) is 30.3 Å². The molecule has 0 atom stereocenters. The van der Waals surface area contributed by atoms with Crippen molar-refractivity contribution in [2.75, 3.05) is 13.7 Å². The molecule has 0 radical (unpaired) electrons. The number of nitrogens with zero attached hydrogens (tertiary/aromatic N) is 1. The van der Waals surface area contributed by atoms with Gasteiger partial charge < -0.3 is 4.74 Å². The molecular weight excluding hydrogens is 270 g/mol. The van der Waals surface area contributed by atoms with E-state index in [4.69, 9.17) is 0 Å². The molecule has 110 valence electrons. The molecule has 1 fully saturated rings. The first-order chi connectivity index (χ1) is 10.1. The van der Waals surface area contributed by atoms with E-state index in [2.05, 4.69) is 4.74 Å². The largest absolute Gasteiger partial charge is 0.465 e. The van der Waals surface area contributed by atoms with Crippen molar-refractivity contribution >= 4 is 23.9 Å². The predicted molar refractivity (Wildman–Crippen MR) is 77.4 cm³/mol. The number of carbonyl (C=O) groups is 3. The van der Waals surface area contributed by atoms with Crippen LogP contribution in [-0.2, 0) is 14.3 Å². The van der Waals surface area contributed by atoms with Gasteiger partial charge in [0.25, 0.3) is 5.91 Å². The van der Waals surface area contributed by atoms with Crippen molar-refractivity contribution in [1.82, 2.24) is 4.90 Å². The minimum absolute atomic E-state index is 0.126. The van der Waals surface area contributed by atoms with Crippen LogP contribution in [0.3, 0.4) is 0 Å². The normalized spacial score (nSPS) is 15.3. The summed E-state index contributed by atoms with van der Waals surface area (Å²) in [6.07, 6.45) is 5.07. The molecule has 1 aromatic rings. The van der Waals surface area contributed by atoms with E-state index in [-0.39, 0.29) is 11.8 Å². The Morgan fingerprint density at radius 3 is 2.81 bits per heavy atom. The highest BCUT2D eigenvalue weighted by molar-refractivity contribution is 6.03. The lowest BCUT2D eigenvalue weighted by molar-refractivity contribution is -0.143. The monoisotopic (exact) mass is 287 g/mol. The van der Waals surface area contributed by atoms with Crippen molar-refractivity contribution in [3.05, 3.63) is 41.5 Å². The number of ether oxygens (including phenoxy) is 1. The maximum atomic E-state index is 12.0. The number of imide groups is 1. The Morgan fingerprint density at radius 2 is 2.10 bits per heavy atom. The zero-order chi connectivity index (χ0) is 15.2. The molecule has 2 rings (SSSR count). The van der Waals surface area contributed by atoms with Crippen molar-refractivity contribution in [2.24, 2.45) is 0 Å². The lowest BCUT2D eigenvalue weighted by atomic mass is 10.1. The van der Waals surface area contributed by atoms with Gasteiger partial charge >= 0.3 is 5.97 Å². The number of rotatable bonds is 3. The number of likely N-dealkylation sites (tertiary alicyclic amines) is 1. The number of hydrogen-bond donors (Lipinski definition) is 0. The van der Waals surface area contributed by atoms with Gasteiger partial charge in [-0.3, -0.25) is 14.5 Å². The van der Waals surface area contributed by atoms with Gasteiger partial charge in [0, 0.05) is 19.0 Å². The molecule has 1 aromatic carbocycles. The third-order valence-electron chi connectivity index (χ3n) is 3.32. The number of methoxy groups -OCH3 is 1. The van der Waals surface area contributed by atoms with Gasteiger partial charge in [-0.2, -0.15) is 0 Å². The summed E-state index contributed by atoms with van der Waals surface area (Å²) >= 11 is 0. The summed E-state index contributed by atoms with van der Waals surface area (Å²) in [6.45, 7) is 0.476. The molecule has 0 unspecified atom stereocenters. The Bertz CT molecular complexity index is 592. The maximum absolute atomic E-state index is 12.0. The summed E-state index contributed by atoms with van der Waals surface area (Å²) in [4.78, 5) is 36.3. The number of hydrogen-bond acceptors (Lipinski definition) is 4. The van der Waals surface area contributed by atoms with Crippen LogP contribution in [-0.4, -0.2) is 36.3 Å². The first kappa shape index (κ1) is 15.0. The number of amides is 2. The van der Waals surface area contributed by atoms with E-state index < -0.39 is 5.97 Å². The minimum atomic E-state index is -0.428. The number of esters is 1. The molecule has 0 aliphatic carbocycles. The molecule has 1 aliphatic rings. The van der Waals surface area contributed by atoms with Crippen LogP contribution in [0.5, 0.6) is 0 Å². The van der Waals surface area contributed by atoms with Crippen molar-refractivity contribution in [3.8, 4) is 0 Å². The molecule has 5 heteroatoms. The Labute approximate surface area is 123 Å². The van der Waals surface area contributed by atoms with E-state index in [0.717, 1.165) is 12.8 Å². The summed E-state index contributed by atoms with van der Waals surface area (Å²) in [5.74, 6) is -0.870. The maximum Gasteiger partial charge on any atom is 0.337 e. The Kier molecular flexibility index (Phi) is 4.87. The van der Waals surface area contributed by atoms with Crippen LogP contribution in [0.2, 0.25) is 0 Å². The zero-order valence-electron chi connectivity index (χ0n) is 11.9. The van der Waals surface area contributed by atoms with Gasteiger partial charge in [-0.05, 0) is 36.6 Å². The van der Waals surface area contributed by atoms with Gasteiger partial charge in [0.05, 0.1) is 12.7 Å². The molecule has 0 aromatic heterocycles. The van der Waals surface area contributed by atoms with Crippen LogP contribution < -0.4 is 0 Å². The Balaban J connectivity index is 2.08. The highest BCUT2D eigenvalue weighted by Gasteiger charge is 2.22. The zero-order valence-corrected chi connectivity index (χ0v) is 11.9. The van der Waals surface area contributed by atoms with E-state index in [9.17, 15) is 14.4 Å². The Morgan fingerprint density at radius 1 is 1.29 bits per heavy atom. The molecule has 1 aliphatic heterocycles. The molecule has 0 N–H and O–H groups in total. The summed E-state index contributed by atoms with van der Waals surface area (Å²) < 4.78 is 4.64. The second-order valence-electron chi connectivity index (χ2n) is 4.79. The van der Waals surface area contributed by atoms with Crippen molar-refractivity contribution in [3.63, 3.8) is 0 Å². The van der Waals surface area contributed by atoms with Crippen LogP contribution in [0.15, 0.2) is 30.3 Å². The molecular formula is C16H17NO4. The highest BCUT2D eigenvalue weighted by atomic mass is 16.5. The van der Waals surface area contributed by atoms with E-state index in [0.29, 0.717) is 24.1 Å². The number of benzene rings is 1. The van der Waals surface area contributed by atoms with E-state index in [1.807, 2.05) is 0 Å². The standard InChI is InChI=1S/C16H17NO4/c1-21-16(20)13-6-4-5-12(11-13)8-9-15(19)17-10-3-2-7-14(17)18/h4-6,8-9,11H,2-3,7,10H2,1H3/b9-8+. The summed E-state index contributed by atoms with van der Waals surface area (Å²) in [7, 11) is 1.32. The predicted octanol–water partition coefficient (Wildman–Crippen LogP) is 2.03. The highest BCUT2D eigenvalue weighted by Crippen LogP contribution is 2.12. The fourth-order valence-corrected chi connectivity index (χ4v) is 2.18. The van der Waals surface area contributed by atoms with Gasteiger partial charge in [0.1, 0.15) is 0 Å². The number of piperidine rings is 1. The first-order valence-corrected chi connectivity index (χ1v) is 6.82. The molecule has 1 saturated heterocycles. The lowest BCUT2D eigenvalue weighted by Crippen LogP contribution is -2.39. The molecule has 1 heterocycles. The third kappa shape index (κ3) is 3.78. The van der Waals surface area contributed by atoms with Gasteiger partial charge in [0.2, 0.25) is 5.91 Å². The van der Waals surface area contributed by atoms with Gasteiger partial charge in [-0.1, -0.05) is 12.1 Å². The van der Waals surface area contributed by atoms with Crippen LogP contribution >= 0.6 is 0 Å². The quantitative estimate of drug-likeness (QED) is 0.630. The average Bonchev–Trinajstić information content (AvgIpc) is 2.52. The van der Waals surface area contributed by atoms with Gasteiger partial charge in [-0.25, -0.2) is 4.79 Å². The molecule has 0 bridgehead atoms. The first-order valence-electron chi connectivity index (χ1n) is 6.82. The fraction of sp³-hybridized carbons (Fsp3) is 0.312. The third-order valence-corrected chi connectivity index (χ3v) is 3.32. The molecule has 5 nitrogen and oxygen atoms in total. The van der Waals surface area contributed by atoms with E-state index in [1.165, 1.54) is 18.1 Å². The van der Waals surface area contributed by atoms with Crippen LogP contribution in [0.1, 0.15) is 35.2 Å². The minimum Gasteiger partial charge on any atom is -0.465 e. The topological polar surface area (TPSA) is 63.7 Å².